The fourth-order valence-corrected chi connectivity index (χ4v) is 2.16. The lowest BCUT2D eigenvalue weighted by Gasteiger charge is -2.22. The minimum absolute atomic E-state index is 0.0290. The molecule has 0 atom stereocenters. The van der Waals surface area contributed by atoms with Gasteiger partial charge in [-0.1, -0.05) is 36.4 Å². The molecule has 0 saturated heterocycles. The molecule has 2 rings (SSSR count). The predicted molar refractivity (Wildman–Crippen MR) is 78.5 cm³/mol. The van der Waals surface area contributed by atoms with E-state index in [0.29, 0.717) is 30.9 Å². The van der Waals surface area contributed by atoms with E-state index in [9.17, 15) is 4.39 Å². The van der Waals surface area contributed by atoms with Crippen molar-refractivity contribution in [1.29, 1.82) is 0 Å². The topological polar surface area (TPSA) is 49.5 Å². The van der Waals surface area contributed by atoms with Gasteiger partial charge in [-0.2, -0.15) is 0 Å². The highest BCUT2D eigenvalue weighted by atomic mass is 19.1. The van der Waals surface area contributed by atoms with Gasteiger partial charge in [0.2, 0.25) is 0 Å². The first-order valence-electron chi connectivity index (χ1n) is 6.60. The number of halogens is 1. The Hall–Kier alpha value is -1.91. The highest BCUT2D eigenvalue weighted by Crippen LogP contribution is 2.19. The highest BCUT2D eigenvalue weighted by Gasteiger charge is 2.12. The quantitative estimate of drug-likeness (QED) is 0.795. The highest BCUT2D eigenvalue weighted by molar-refractivity contribution is 5.47. The van der Waals surface area contributed by atoms with Crippen molar-refractivity contribution in [2.75, 3.05) is 18.9 Å². The molecule has 0 heterocycles. The zero-order valence-corrected chi connectivity index (χ0v) is 11.3. The molecule has 3 N–H and O–H groups in total. The Balaban J connectivity index is 2.13. The number of nitrogen functional groups attached to an aromatic ring is 1. The zero-order chi connectivity index (χ0) is 14.4. The molecule has 0 spiro atoms. The summed E-state index contributed by atoms with van der Waals surface area (Å²) in [4.78, 5) is 1.98. The van der Waals surface area contributed by atoms with E-state index < -0.39 is 0 Å². The van der Waals surface area contributed by atoms with Gasteiger partial charge in [0.25, 0.3) is 0 Å². The van der Waals surface area contributed by atoms with Gasteiger partial charge in [-0.15, -0.1) is 0 Å². The minimum atomic E-state index is -0.305. The van der Waals surface area contributed by atoms with Crippen LogP contribution in [0.4, 0.5) is 10.1 Å². The van der Waals surface area contributed by atoms with Crippen molar-refractivity contribution in [3.05, 3.63) is 65.5 Å². The molecule has 0 radical (unpaired) electrons. The third kappa shape index (κ3) is 3.79. The summed E-state index contributed by atoms with van der Waals surface area (Å²) in [5.74, 6) is -0.305. The standard InChI is InChI=1S/C16H19FN2O/c17-15-7-4-8-16(18)14(15)12-19(9-10-20)11-13-5-2-1-3-6-13/h1-8,20H,9-12,18H2. The Morgan fingerprint density at radius 1 is 1.00 bits per heavy atom. The molecular weight excluding hydrogens is 255 g/mol. The average Bonchev–Trinajstić information content (AvgIpc) is 2.44. The smallest absolute Gasteiger partial charge is 0.129 e. The largest absolute Gasteiger partial charge is 0.398 e. The molecule has 2 aromatic carbocycles. The van der Waals surface area contributed by atoms with Crippen LogP contribution in [0.3, 0.4) is 0 Å². The molecule has 0 aliphatic carbocycles. The molecule has 0 aromatic heterocycles. The third-order valence-electron chi connectivity index (χ3n) is 3.20. The molecule has 0 fully saturated rings. The fourth-order valence-electron chi connectivity index (χ4n) is 2.16. The van der Waals surface area contributed by atoms with Crippen LogP contribution in [0.5, 0.6) is 0 Å². The van der Waals surface area contributed by atoms with Crippen LogP contribution in [0, 0.1) is 5.82 Å². The van der Waals surface area contributed by atoms with Crippen LogP contribution >= 0.6 is 0 Å². The first-order valence-corrected chi connectivity index (χ1v) is 6.60. The third-order valence-corrected chi connectivity index (χ3v) is 3.20. The van der Waals surface area contributed by atoms with Gasteiger partial charge in [-0.3, -0.25) is 4.90 Å². The molecule has 2 aromatic rings. The van der Waals surface area contributed by atoms with Gasteiger partial charge < -0.3 is 10.8 Å². The van der Waals surface area contributed by atoms with Crippen LogP contribution in [-0.4, -0.2) is 23.2 Å². The molecule has 20 heavy (non-hydrogen) atoms. The maximum absolute atomic E-state index is 13.8. The lowest BCUT2D eigenvalue weighted by Crippen LogP contribution is -2.27. The molecule has 106 valence electrons. The van der Waals surface area contributed by atoms with E-state index in [4.69, 9.17) is 10.8 Å². The van der Waals surface area contributed by atoms with E-state index in [1.54, 1.807) is 12.1 Å². The molecule has 4 heteroatoms. The Morgan fingerprint density at radius 2 is 1.75 bits per heavy atom. The van der Waals surface area contributed by atoms with Gasteiger partial charge in [-0.05, 0) is 17.7 Å². The number of rotatable bonds is 6. The second-order valence-electron chi connectivity index (χ2n) is 4.73. The summed E-state index contributed by atoms with van der Waals surface area (Å²) in [6.45, 7) is 1.53. The first kappa shape index (κ1) is 14.5. The Labute approximate surface area is 118 Å². The van der Waals surface area contributed by atoms with Gasteiger partial charge in [0, 0.05) is 30.9 Å². The molecule has 0 saturated carbocycles. The van der Waals surface area contributed by atoms with Gasteiger partial charge in [0.05, 0.1) is 6.61 Å². The molecule has 0 bridgehead atoms. The first-order chi connectivity index (χ1) is 9.70. The monoisotopic (exact) mass is 274 g/mol. The number of anilines is 1. The number of benzene rings is 2. The normalized spacial score (nSPS) is 10.9. The van der Waals surface area contributed by atoms with Crippen molar-refractivity contribution in [3.63, 3.8) is 0 Å². The second-order valence-corrected chi connectivity index (χ2v) is 4.73. The second kappa shape index (κ2) is 7.03. The van der Waals surface area contributed by atoms with Gasteiger partial charge in [-0.25, -0.2) is 4.39 Å². The van der Waals surface area contributed by atoms with Crippen molar-refractivity contribution in [3.8, 4) is 0 Å². The lowest BCUT2D eigenvalue weighted by atomic mass is 10.1. The van der Waals surface area contributed by atoms with Crippen molar-refractivity contribution in [2.24, 2.45) is 0 Å². The summed E-state index contributed by atoms with van der Waals surface area (Å²) in [7, 11) is 0. The summed E-state index contributed by atoms with van der Waals surface area (Å²) >= 11 is 0. The van der Waals surface area contributed by atoms with Crippen molar-refractivity contribution < 1.29 is 9.50 Å². The summed E-state index contributed by atoms with van der Waals surface area (Å²) in [5.41, 5.74) is 7.88. The summed E-state index contributed by atoms with van der Waals surface area (Å²) < 4.78 is 13.8. The van der Waals surface area contributed by atoms with E-state index in [-0.39, 0.29) is 12.4 Å². The van der Waals surface area contributed by atoms with Crippen LogP contribution in [0.15, 0.2) is 48.5 Å². The predicted octanol–water partition coefficient (Wildman–Crippen LogP) is 2.40. The Kier molecular flexibility index (Phi) is 5.09. The van der Waals surface area contributed by atoms with Crippen molar-refractivity contribution >= 4 is 5.69 Å². The molecular formula is C16H19FN2O. The lowest BCUT2D eigenvalue weighted by molar-refractivity contribution is 0.183. The van der Waals surface area contributed by atoms with E-state index >= 15 is 0 Å². The van der Waals surface area contributed by atoms with Crippen LogP contribution < -0.4 is 5.73 Å². The Bertz CT molecular complexity index is 525. The SMILES string of the molecule is Nc1cccc(F)c1CN(CCO)Cc1ccccc1. The molecule has 0 amide bonds. The fraction of sp³-hybridized carbons (Fsp3) is 0.250. The van der Waals surface area contributed by atoms with Crippen molar-refractivity contribution in [2.45, 2.75) is 13.1 Å². The maximum atomic E-state index is 13.8. The summed E-state index contributed by atoms with van der Waals surface area (Å²) in [5, 5.41) is 9.16. The maximum Gasteiger partial charge on any atom is 0.129 e. The number of aliphatic hydroxyl groups excluding tert-OH is 1. The minimum Gasteiger partial charge on any atom is -0.398 e. The number of aliphatic hydroxyl groups is 1. The van der Waals surface area contributed by atoms with E-state index in [1.807, 2.05) is 35.2 Å². The molecule has 3 nitrogen and oxygen atoms in total. The average molecular weight is 274 g/mol. The molecule has 0 unspecified atom stereocenters. The van der Waals surface area contributed by atoms with E-state index in [2.05, 4.69) is 0 Å². The van der Waals surface area contributed by atoms with Gasteiger partial charge in [0.1, 0.15) is 5.82 Å². The van der Waals surface area contributed by atoms with Gasteiger partial charge >= 0.3 is 0 Å². The van der Waals surface area contributed by atoms with Crippen molar-refractivity contribution in [1.82, 2.24) is 4.90 Å². The number of nitrogens with two attached hydrogens (primary N) is 1. The summed E-state index contributed by atoms with van der Waals surface area (Å²) in [6, 6.07) is 14.6. The zero-order valence-electron chi connectivity index (χ0n) is 11.3. The number of hydrogen-bond acceptors (Lipinski definition) is 3. The van der Waals surface area contributed by atoms with Gasteiger partial charge in [0.15, 0.2) is 0 Å². The van der Waals surface area contributed by atoms with Crippen LogP contribution in [0.1, 0.15) is 11.1 Å². The van der Waals surface area contributed by atoms with E-state index in [1.165, 1.54) is 6.07 Å². The number of nitrogens with zero attached hydrogens (tertiary/aromatic N) is 1. The van der Waals surface area contributed by atoms with Crippen LogP contribution in [0.25, 0.3) is 0 Å². The molecule has 0 aliphatic heterocycles. The Morgan fingerprint density at radius 3 is 2.40 bits per heavy atom. The van der Waals surface area contributed by atoms with E-state index in [0.717, 1.165) is 5.56 Å². The van der Waals surface area contributed by atoms with Crippen LogP contribution in [0.2, 0.25) is 0 Å². The molecule has 0 aliphatic rings. The number of hydrogen-bond donors (Lipinski definition) is 2. The van der Waals surface area contributed by atoms with Crippen LogP contribution in [-0.2, 0) is 13.1 Å². The summed E-state index contributed by atoms with van der Waals surface area (Å²) in [6.07, 6.45) is 0.